The summed E-state index contributed by atoms with van der Waals surface area (Å²) in [4.78, 5) is 22.9. The molecule has 29 heavy (non-hydrogen) atoms. The van der Waals surface area contributed by atoms with Crippen molar-refractivity contribution >= 4 is 67.6 Å². The first-order valence-corrected chi connectivity index (χ1v) is 12.0. The summed E-state index contributed by atoms with van der Waals surface area (Å²) >= 11 is 15.1. The highest BCUT2D eigenvalue weighted by Gasteiger charge is 2.20. The average Bonchev–Trinajstić information content (AvgIpc) is 3.13. The van der Waals surface area contributed by atoms with E-state index in [0.29, 0.717) is 22.3 Å². The molecule has 154 valence electrons. The molecule has 0 spiro atoms. The second-order valence-electron chi connectivity index (χ2n) is 6.42. The molecule has 8 heteroatoms. The number of benzene rings is 2. The highest BCUT2D eigenvalue weighted by atomic mass is 35.5. The van der Waals surface area contributed by atoms with Crippen LogP contribution >= 0.6 is 46.3 Å². The van der Waals surface area contributed by atoms with Crippen molar-refractivity contribution in [3.05, 3.63) is 52.5 Å². The Kier molecular flexibility index (Phi) is 8.21. The van der Waals surface area contributed by atoms with Gasteiger partial charge in [-0.1, -0.05) is 48.4 Å². The van der Waals surface area contributed by atoms with E-state index in [9.17, 15) is 4.79 Å². The lowest BCUT2D eigenvalue weighted by Crippen LogP contribution is -2.39. The summed E-state index contributed by atoms with van der Waals surface area (Å²) in [5.74, 6) is 0.388. The third kappa shape index (κ3) is 6.09. The topological polar surface area (TPSA) is 36.4 Å². The Labute approximate surface area is 189 Å². The number of carbonyl (C=O) groups is 1. The number of nitrogens with zero attached hydrogens (tertiary/aromatic N) is 3. The Morgan fingerprint density at radius 3 is 2.41 bits per heavy atom. The van der Waals surface area contributed by atoms with Crippen LogP contribution in [-0.2, 0) is 4.79 Å². The summed E-state index contributed by atoms with van der Waals surface area (Å²) in [5, 5.41) is 2.08. The molecule has 0 aliphatic rings. The molecule has 1 aromatic heterocycles. The van der Waals surface area contributed by atoms with Crippen LogP contribution in [0, 0.1) is 0 Å². The van der Waals surface area contributed by atoms with E-state index in [0.717, 1.165) is 39.9 Å². The average molecular weight is 468 g/mol. The lowest BCUT2D eigenvalue weighted by molar-refractivity contribution is -0.116. The first-order chi connectivity index (χ1) is 14.0. The maximum Gasteiger partial charge on any atom is 0.239 e. The van der Waals surface area contributed by atoms with Crippen LogP contribution in [0.25, 0.3) is 10.2 Å². The number of amides is 1. The molecular formula is C21H23Cl2N3OS2. The third-order valence-corrected chi connectivity index (χ3v) is 7.11. The molecule has 0 radical (unpaired) electrons. The monoisotopic (exact) mass is 467 g/mol. The zero-order valence-corrected chi connectivity index (χ0v) is 19.5. The van der Waals surface area contributed by atoms with Gasteiger partial charge in [0.05, 0.1) is 16.0 Å². The van der Waals surface area contributed by atoms with Gasteiger partial charge in [-0.25, -0.2) is 4.98 Å². The van der Waals surface area contributed by atoms with Crippen molar-refractivity contribution in [2.24, 2.45) is 0 Å². The van der Waals surface area contributed by atoms with Crippen LogP contribution in [0.5, 0.6) is 0 Å². The van der Waals surface area contributed by atoms with Crippen LogP contribution in [0.4, 0.5) is 5.13 Å². The molecule has 0 saturated heterocycles. The number of halogens is 2. The predicted octanol–water partition coefficient (Wildman–Crippen LogP) is 6.07. The molecule has 1 amide bonds. The van der Waals surface area contributed by atoms with Gasteiger partial charge in [0.15, 0.2) is 5.13 Å². The van der Waals surface area contributed by atoms with E-state index in [2.05, 4.69) is 18.7 Å². The summed E-state index contributed by atoms with van der Waals surface area (Å²) in [6.07, 6.45) is 0. The fourth-order valence-corrected chi connectivity index (χ4v) is 5.05. The van der Waals surface area contributed by atoms with Gasteiger partial charge in [0.2, 0.25) is 5.91 Å². The van der Waals surface area contributed by atoms with E-state index >= 15 is 0 Å². The van der Waals surface area contributed by atoms with E-state index in [1.807, 2.05) is 42.5 Å². The molecule has 0 unspecified atom stereocenters. The highest BCUT2D eigenvalue weighted by molar-refractivity contribution is 8.00. The van der Waals surface area contributed by atoms with E-state index in [-0.39, 0.29) is 5.91 Å². The molecule has 0 aliphatic carbocycles. The number of rotatable bonds is 9. The minimum Gasteiger partial charge on any atom is -0.302 e. The molecule has 1 heterocycles. The van der Waals surface area contributed by atoms with Crippen molar-refractivity contribution in [3.63, 3.8) is 0 Å². The van der Waals surface area contributed by atoms with Gasteiger partial charge in [0.1, 0.15) is 0 Å². The summed E-state index contributed by atoms with van der Waals surface area (Å²) in [6, 6.07) is 13.2. The smallest absolute Gasteiger partial charge is 0.239 e. The lowest BCUT2D eigenvalue weighted by atomic mass is 10.3. The summed E-state index contributed by atoms with van der Waals surface area (Å²) in [6.45, 7) is 7.58. The largest absolute Gasteiger partial charge is 0.302 e. The Morgan fingerprint density at radius 2 is 1.72 bits per heavy atom. The molecule has 0 atom stereocenters. The predicted molar refractivity (Wildman–Crippen MR) is 127 cm³/mol. The number of likely N-dealkylation sites (N-methyl/N-ethyl adjacent to an activating group) is 1. The SMILES string of the molecule is CCN(CC)CCN(C(=O)CSc1ccc(Cl)cc1)c1nc2ccc(Cl)cc2s1. The summed E-state index contributed by atoms with van der Waals surface area (Å²) < 4.78 is 0.985. The van der Waals surface area contributed by atoms with Crippen molar-refractivity contribution in [1.29, 1.82) is 0 Å². The molecule has 4 nitrogen and oxygen atoms in total. The minimum absolute atomic E-state index is 0.0438. The van der Waals surface area contributed by atoms with Crippen LogP contribution in [0.3, 0.4) is 0 Å². The van der Waals surface area contributed by atoms with Gasteiger partial charge >= 0.3 is 0 Å². The van der Waals surface area contributed by atoms with Crippen molar-refractivity contribution < 1.29 is 4.79 Å². The number of hydrogen-bond donors (Lipinski definition) is 0. The van der Waals surface area contributed by atoms with Gasteiger partial charge in [-0.15, -0.1) is 11.8 Å². The van der Waals surface area contributed by atoms with E-state index in [4.69, 9.17) is 28.2 Å². The molecular weight excluding hydrogens is 445 g/mol. The van der Waals surface area contributed by atoms with Crippen LogP contribution in [0.2, 0.25) is 10.0 Å². The Balaban J connectivity index is 1.78. The Bertz CT molecular complexity index is 958. The molecule has 0 bridgehead atoms. The van der Waals surface area contributed by atoms with Crippen molar-refractivity contribution in [2.45, 2.75) is 18.7 Å². The van der Waals surface area contributed by atoms with E-state index in [1.165, 1.54) is 23.1 Å². The lowest BCUT2D eigenvalue weighted by Gasteiger charge is -2.24. The minimum atomic E-state index is 0.0438. The van der Waals surface area contributed by atoms with Crippen LogP contribution in [0.1, 0.15) is 13.8 Å². The van der Waals surface area contributed by atoms with Crippen LogP contribution in [-0.4, -0.2) is 47.7 Å². The van der Waals surface area contributed by atoms with Crippen LogP contribution < -0.4 is 4.90 Å². The van der Waals surface area contributed by atoms with Crippen molar-refractivity contribution in [1.82, 2.24) is 9.88 Å². The summed E-state index contributed by atoms with van der Waals surface area (Å²) in [7, 11) is 0. The molecule has 0 fully saturated rings. The zero-order valence-electron chi connectivity index (χ0n) is 16.4. The number of hydrogen-bond acceptors (Lipinski definition) is 5. The number of thioether (sulfide) groups is 1. The Hall–Kier alpha value is -1.31. The van der Waals surface area contributed by atoms with Gasteiger partial charge in [0, 0.05) is 28.0 Å². The molecule has 3 rings (SSSR count). The summed E-state index contributed by atoms with van der Waals surface area (Å²) in [5.41, 5.74) is 0.861. The van der Waals surface area contributed by atoms with Crippen molar-refractivity contribution in [3.8, 4) is 0 Å². The standard InChI is InChI=1S/C21H23Cl2N3OS2/c1-3-25(4-2)11-12-26(20(27)14-28-17-8-5-15(22)6-9-17)21-24-18-10-7-16(23)13-19(18)29-21/h5-10,13H,3-4,11-12,14H2,1-2H3. The molecule has 3 aromatic rings. The molecule has 0 saturated carbocycles. The van der Waals surface area contributed by atoms with Gasteiger partial charge in [-0.3, -0.25) is 9.69 Å². The number of fused-ring (bicyclic) bond motifs is 1. The normalized spacial score (nSPS) is 11.3. The van der Waals surface area contributed by atoms with Crippen molar-refractivity contribution in [2.75, 3.05) is 36.8 Å². The Morgan fingerprint density at radius 1 is 1.03 bits per heavy atom. The van der Waals surface area contributed by atoms with Gasteiger partial charge in [-0.05, 0) is 55.6 Å². The van der Waals surface area contributed by atoms with Gasteiger partial charge < -0.3 is 4.90 Å². The van der Waals surface area contributed by atoms with Gasteiger partial charge in [-0.2, -0.15) is 0 Å². The molecule has 0 N–H and O–H groups in total. The maximum atomic E-state index is 13.1. The second kappa shape index (κ2) is 10.6. The fraction of sp³-hybridized carbons (Fsp3) is 0.333. The first-order valence-electron chi connectivity index (χ1n) is 9.47. The second-order valence-corrected chi connectivity index (χ2v) is 9.35. The quantitative estimate of drug-likeness (QED) is 0.357. The number of carbonyl (C=O) groups excluding carboxylic acids is 1. The fourth-order valence-electron chi connectivity index (χ4n) is 2.86. The molecule has 0 aliphatic heterocycles. The van der Waals surface area contributed by atoms with Gasteiger partial charge in [0.25, 0.3) is 0 Å². The molecule has 2 aromatic carbocycles. The number of anilines is 1. The number of aromatic nitrogens is 1. The zero-order chi connectivity index (χ0) is 20.8. The number of thiazole rings is 1. The third-order valence-electron chi connectivity index (χ3n) is 4.58. The highest BCUT2D eigenvalue weighted by Crippen LogP contribution is 2.31. The van der Waals surface area contributed by atoms with E-state index in [1.54, 1.807) is 4.90 Å². The first kappa shape index (κ1) is 22.4. The van der Waals surface area contributed by atoms with E-state index < -0.39 is 0 Å². The van der Waals surface area contributed by atoms with Crippen LogP contribution in [0.15, 0.2) is 47.4 Å². The maximum absolute atomic E-state index is 13.1.